The van der Waals surface area contributed by atoms with Crippen LogP contribution in [0.4, 0.5) is 5.69 Å². The first-order valence-electron chi connectivity index (χ1n) is 15.5. The first kappa shape index (κ1) is 30.7. The number of hydrogen-bond acceptors (Lipinski definition) is 7. The molecule has 7 nitrogen and oxygen atoms in total. The third-order valence-electron chi connectivity index (χ3n) is 8.96. The van der Waals surface area contributed by atoms with E-state index in [1.165, 1.54) is 10.3 Å². The van der Waals surface area contributed by atoms with E-state index >= 15 is 0 Å². The lowest BCUT2D eigenvalue weighted by atomic mass is 9.99. The van der Waals surface area contributed by atoms with Crippen molar-refractivity contribution in [3.8, 4) is 27.7 Å². The smallest absolute Gasteiger partial charge is 0.336 e. The summed E-state index contributed by atoms with van der Waals surface area (Å²) >= 11 is 5.30. The molecule has 46 heavy (non-hydrogen) atoms. The molecule has 3 heterocycles. The molecule has 0 atom stereocenters. The van der Waals surface area contributed by atoms with Gasteiger partial charge >= 0.3 is 5.97 Å². The molecule has 4 aromatic carbocycles. The second-order valence-electron chi connectivity index (χ2n) is 12.1. The summed E-state index contributed by atoms with van der Waals surface area (Å²) in [6, 6.07) is 28.5. The number of aromatic carboxylic acids is 1. The van der Waals surface area contributed by atoms with Crippen LogP contribution in [0.25, 0.3) is 20.5 Å². The molecular weight excluding hydrogens is 664 g/mol. The Morgan fingerprint density at radius 1 is 0.935 bits per heavy atom. The summed E-state index contributed by atoms with van der Waals surface area (Å²) in [6.45, 7) is 5.58. The number of nitrogens with zero attached hydrogens (tertiary/aromatic N) is 2. The van der Waals surface area contributed by atoms with E-state index in [1.54, 1.807) is 23.5 Å². The van der Waals surface area contributed by atoms with Gasteiger partial charge in [0.2, 0.25) is 0 Å². The molecule has 0 bridgehead atoms. The highest BCUT2D eigenvalue weighted by molar-refractivity contribution is 9.10. The zero-order chi connectivity index (χ0) is 31.8. The highest BCUT2D eigenvalue weighted by atomic mass is 79.9. The molecule has 2 N–H and O–H groups in total. The van der Waals surface area contributed by atoms with E-state index in [2.05, 4.69) is 75.1 Å². The molecule has 0 amide bonds. The van der Waals surface area contributed by atoms with Crippen molar-refractivity contribution in [1.82, 2.24) is 4.90 Å². The van der Waals surface area contributed by atoms with E-state index in [4.69, 9.17) is 9.47 Å². The minimum absolute atomic E-state index is 0.157. The van der Waals surface area contributed by atoms with Crippen molar-refractivity contribution in [2.75, 3.05) is 31.1 Å². The number of likely N-dealkylation sites (tertiary alicyclic amines) is 1. The summed E-state index contributed by atoms with van der Waals surface area (Å²) in [7, 11) is 0. The first-order chi connectivity index (χ1) is 22.3. The van der Waals surface area contributed by atoms with Gasteiger partial charge in [0.05, 0.1) is 17.0 Å². The van der Waals surface area contributed by atoms with Gasteiger partial charge in [-0.25, -0.2) is 4.79 Å². The summed E-state index contributed by atoms with van der Waals surface area (Å²) in [6.07, 6.45) is 2.10. The zero-order valence-corrected chi connectivity index (χ0v) is 27.9. The van der Waals surface area contributed by atoms with E-state index in [-0.39, 0.29) is 18.3 Å². The number of benzene rings is 4. The Kier molecular flexibility index (Phi) is 8.74. The van der Waals surface area contributed by atoms with Crippen LogP contribution >= 0.6 is 27.3 Å². The Morgan fingerprint density at radius 2 is 1.65 bits per heavy atom. The Bertz CT molecular complexity index is 1860. The number of rotatable bonds is 9. The lowest BCUT2D eigenvalue weighted by Crippen LogP contribution is -2.61. The molecular formula is C37H35BrN2O5S. The van der Waals surface area contributed by atoms with Crippen molar-refractivity contribution < 1.29 is 24.5 Å². The summed E-state index contributed by atoms with van der Waals surface area (Å²) in [5.41, 5.74) is 3.92. The van der Waals surface area contributed by atoms with E-state index in [0.29, 0.717) is 11.6 Å². The minimum atomic E-state index is -1.01. The molecule has 2 saturated heterocycles. The highest BCUT2D eigenvalue weighted by Gasteiger charge is 2.34. The van der Waals surface area contributed by atoms with Gasteiger partial charge in [-0.2, -0.15) is 0 Å². The number of fused-ring (bicyclic) bond motifs is 1. The summed E-state index contributed by atoms with van der Waals surface area (Å²) in [5.74, 6) is 1.49. The van der Waals surface area contributed by atoms with Gasteiger partial charge in [0, 0.05) is 52.5 Å². The molecule has 0 spiro atoms. The number of carboxylic acids is 1. The number of hydrogen-bond donors (Lipinski definition) is 2. The maximum atomic E-state index is 11.4. The maximum Gasteiger partial charge on any atom is 0.336 e. The van der Waals surface area contributed by atoms with Crippen molar-refractivity contribution >= 4 is 49.0 Å². The van der Waals surface area contributed by atoms with Crippen LogP contribution in [0.15, 0.2) is 89.4 Å². The monoisotopic (exact) mass is 698 g/mol. The third kappa shape index (κ3) is 6.37. The average molecular weight is 700 g/mol. The van der Waals surface area contributed by atoms with Crippen molar-refractivity contribution in [2.24, 2.45) is 0 Å². The van der Waals surface area contributed by atoms with Crippen LogP contribution in [0.2, 0.25) is 0 Å². The fraction of sp³-hybridized carbons (Fsp3) is 0.270. The van der Waals surface area contributed by atoms with Crippen LogP contribution in [-0.2, 0) is 6.61 Å². The molecule has 2 aliphatic heterocycles. The molecule has 0 saturated carbocycles. The molecule has 1 aromatic heterocycles. The number of aliphatic hydroxyl groups excluding tert-OH is 1. The van der Waals surface area contributed by atoms with Crippen LogP contribution in [0, 0.1) is 6.92 Å². The van der Waals surface area contributed by atoms with Gasteiger partial charge in [-0.1, -0.05) is 34.1 Å². The Morgan fingerprint density at radius 3 is 2.35 bits per heavy atom. The Balaban J connectivity index is 0.946. The number of aryl methyl sites for hydroxylation is 1. The predicted octanol–water partition coefficient (Wildman–Crippen LogP) is 8.35. The van der Waals surface area contributed by atoms with Crippen LogP contribution in [-0.4, -0.2) is 59.4 Å². The minimum Gasteiger partial charge on any atom is -0.490 e. The number of anilines is 1. The second kappa shape index (κ2) is 13.1. The fourth-order valence-electron chi connectivity index (χ4n) is 6.34. The molecule has 5 aromatic rings. The van der Waals surface area contributed by atoms with Gasteiger partial charge in [0.25, 0.3) is 0 Å². The number of aliphatic hydroxyl groups is 1. The molecule has 2 aliphatic rings. The standard InChI is InChI=1S/C37H35BrN2O5S/c1-23-2-12-33-34(18-23)46-36(24-3-5-26(38)6-4-24)35(33)45-30-10-8-29(9-11-30)44-31-14-16-39(17-15-31)28-20-40(21-28)27-7-13-32(37(42)43)25(19-27)22-41/h2-13,18-19,28,31,41H,14-17,20-22H2,1H3,(H,42,43). The molecule has 7 rings (SSSR count). The molecule has 236 valence electrons. The van der Waals surface area contributed by atoms with Crippen LogP contribution in [0.5, 0.6) is 17.2 Å². The molecule has 0 radical (unpaired) electrons. The highest BCUT2D eigenvalue weighted by Crippen LogP contribution is 2.47. The van der Waals surface area contributed by atoms with Crippen LogP contribution in [0.3, 0.4) is 0 Å². The lowest BCUT2D eigenvalue weighted by molar-refractivity contribution is 0.0660. The number of carboxylic acid groups (broad SMARTS) is 1. The van der Waals surface area contributed by atoms with Gasteiger partial charge in [-0.15, -0.1) is 11.3 Å². The summed E-state index contributed by atoms with van der Waals surface area (Å²) < 4.78 is 15.2. The van der Waals surface area contributed by atoms with Crippen LogP contribution in [0.1, 0.15) is 34.3 Å². The first-order valence-corrected chi connectivity index (χ1v) is 17.2. The van der Waals surface area contributed by atoms with E-state index in [0.717, 1.165) is 82.3 Å². The molecule has 2 fully saturated rings. The molecule has 9 heteroatoms. The largest absolute Gasteiger partial charge is 0.490 e. The average Bonchev–Trinajstić information content (AvgIpc) is 3.39. The Hall–Kier alpha value is -3.89. The van der Waals surface area contributed by atoms with Gasteiger partial charge < -0.3 is 24.6 Å². The zero-order valence-electron chi connectivity index (χ0n) is 25.5. The second-order valence-corrected chi connectivity index (χ2v) is 14.0. The summed E-state index contributed by atoms with van der Waals surface area (Å²) in [5, 5.41) is 20.0. The SMILES string of the molecule is Cc1ccc2c(Oc3ccc(OC4CCN(C5CN(c6ccc(C(=O)O)c(CO)c6)C5)CC4)cc3)c(-c3ccc(Br)cc3)sc2c1. The lowest BCUT2D eigenvalue weighted by Gasteiger charge is -2.48. The Labute approximate surface area is 280 Å². The van der Waals surface area contributed by atoms with Gasteiger partial charge in [-0.05, 0) is 103 Å². The van der Waals surface area contributed by atoms with Crippen molar-refractivity contribution in [1.29, 1.82) is 0 Å². The van der Waals surface area contributed by atoms with E-state index in [1.807, 2.05) is 30.3 Å². The van der Waals surface area contributed by atoms with Gasteiger partial charge in [-0.3, -0.25) is 4.90 Å². The number of halogens is 1. The van der Waals surface area contributed by atoms with Crippen molar-refractivity contribution in [3.63, 3.8) is 0 Å². The number of carbonyl (C=O) groups is 1. The fourth-order valence-corrected chi connectivity index (χ4v) is 7.84. The number of thiophene rings is 1. The van der Waals surface area contributed by atoms with Crippen molar-refractivity contribution in [3.05, 3.63) is 106 Å². The number of piperidine rings is 1. The topological polar surface area (TPSA) is 82.5 Å². The van der Waals surface area contributed by atoms with Gasteiger partial charge in [0.1, 0.15) is 17.6 Å². The summed E-state index contributed by atoms with van der Waals surface area (Å²) in [4.78, 5) is 17.3. The third-order valence-corrected chi connectivity index (χ3v) is 10.7. The maximum absolute atomic E-state index is 11.4. The predicted molar refractivity (Wildman–Crippen MR) is 187 cm³/mol. The normalized spacial score (nSPS) is 16.0. The van der Waals surface area contributed by atoms with E-state index < -0.39 is 5.97 Å². The van der Waals surface area contributed by atoms with E-state index in [9.17, 15) is 15.0 Å². The van der Waals surface area contributed by atoms with Crippen molar-refractivity contribution in [2.45, 2.75) is 38.5 Å². The van der Waals surface area contributed by atoms with Crippen LogP contribution < -0.4 is 14.4 Å². The molecule has 0 aliphatic carbocycles. The number of ether oxygens (including phenoxy) is 2. The molecule has 0 unspecified atom stereocenters. The quantitative estimate of drug-likeness (QED) is 0.160. The van der Waals surface area contributed by atoms with Gasteiger partial charge in [0.15, 0.2) is 5.75 Å².